The Labute approximate surface area is 116 Å². The van der Waals surface area contributed by atoms with E-state index in [1.54, 1.807) is 6.92 Å². The highest BCUT2D eigenvalue weighted by Crippen LogP contribution is 2.14. The minimum Gasteiger partial charge on any atom is -0.463 e. The van der Waals surface area contributed by atoms with Crippen molar-refractivity contribution in [3.05, 3.63) is 29.8 Å². The molecule has 0 amide bonds. The summed E-state index contributed by atoms with van der Waals surface area (Å²) in [6, 6.07) is 5.82. The molecule has 0 saturated heterocycles. The number of rotatable bonds is 5. The van der Waals surface area contributed by atoms with Gasteiger partial charge in [-0.25, -0.2) is 9.59 Å². The zero-order valence-corrected chi connectivity index (χ0v) is 11.5. The summed E-state index contributed by atoms with van der Waals surface area (Å²) in [4.78, 5) is 33.8. The van der Waals surface area contributed by atoms with Gasteiger partial charge < -0.3 is 14.2 Å². The molecule has 0 fully saturated rings. The molecule has 0 aliphatic rings. The molecule has 0 aliphatic heterocycles. The van der Waals surface area contributed by atoms with Crippen LogP contribution < -0.4 is 4.74 Å². The van der Waals surface area contributed by atoms with Crippen LogP contribution in [0.2, 0.25) is 0 Å². The summed E-state index contributed by atoms with van der Waals surface area (Å²) in [5.41, 5.74) is 0.247. The molecule has 1 unspecified atom stereocenters. The smallest absolute Gasteiger partial charge is 0.347 e. The second-order valence-electron chi connectivity index (χ2n) is 3.92. The van der Waals surface area contributed by atoms with Crippen LogP contribution in [0.5, 0.6) is 5.75 Å². The van der Waals surface area contributed by atoms with Gasteiger partial charge in [0.15, 0.2) is 6.10 Å². The Bertz CT molecular complexity index is 491. The molecule has 1 atom stereocenters. The van der Waals surface area contributed by atoms with Gasteiger partial charge in [-0.2, -0.15) is 0 Å². The predicted octanol–water partition coefficient (Wildman–Crippen LogP) is 1.72. The molecule has 1 aromatic carbocycles. The van der Waals surface area contributed by atoms with E-state index in [2.05, 4.69) is 0 Å². The summed E-state index contributed by atoms with van der Waals surface area (Å²) in [6.45, 7) is 4.60. The quantitative estimate of drug-likeness (QED) is 0.603. The van der Waals surface area contributed by atoms with Crippen molar-refractivity contribution < 1.29 is 28.6 Å². The molecule has 1 rings (SSSR count). The Balaban J connectivity index is 2.63. The number of hydrogen-bond donors (Lipinski definition) is 0. The second-order valence-corrected chi connectivity index (χ2v) is 3.92. The first-order valence-corrected chi connectivity index (χ1v) is 6.10. The molecule has 0 spiro atoms. The van der Waals surface area contributed by atoms with E-state index < -0.39 is 24.0 Å². The first-order valence-electron chi connectivity index (χ1n) is 6.10. The fraction of sp³-hybridized carbons (Fsp3) is 0.357. The van der Waals surface area contributed by atoms with Crippen molar-refractivity contribution in [3.8, 4) is 5.75 Å². The van der Waals surface area contributed by atoms with Gasteiger partial charge in [0.1, 0.15) is 5.75 Å². The lowest BCUT2D eigenvalue weighted by Crippen LogP contribution is -2.26. The summed E-state index contributed by atoms with van der Waals surface area (Å²) < 4.78 is 14.5. The number of ether oxygens (including phenoxy) is 3. The Morgan fingerprint density at radius 3 is 2.25 bits per heavy atom. The summed E-state index contributed by atoms with van der Waals surface area (Å²) in [6.07, 6.45) is -0.976. The van der Waals surface area contributed by atoms with E-state index in [1.165, 1.54) is 38.1 Å². The zero-order chi connectivity index (χ0) is 15.1. The van der Waals surface area contributed by atoms with Crippen molar-refractivity contribution in [1.82, 2.24) is 0 Å². The Morgan fingerprint density at radius 2 is 1.75 bits per heavy atom. The largest absolute Gasteiger partial charge is 0.463 e. The molecule has 108 valence electrons. The summed E-state index contributed by atoms with van der Waals surface area (Å²) >= 11 is 0. The number of hydrogen-bond acceptors (Lipinski definition) is 6. The maximum atomic E-state index is 11.8. The van der Waals surface area contributed by atoms with Crippen molar-refractivity contribution in [3.63, 3.8) is 0 Å². The van der Waals surface area contributed by atoms with Crippen LogP contribution in [0.4, 0.5) is 0 Å². The maximum absolute atomic E-state index is 11.8. The van der Waals surface area contributed by atoms with Crippen LogP contribution >= 0.6 is 0 Å². The van der Waals surface area contributed by atoms with E-state index in [1.807, 2.05) is 0 Å². The van der Waals surface area contributed by atoms with Gasteiger partial charge in [0.05, 0.1) is 12.2 Å². The average Bonchev–Trinajstić information content (AvgIpc) is 2.39. The standard InChI is InChI=1S/C14H16O6/c1-4-18-13(16)9(2)19-14(17)11-5-7-12(8-6-11)20-10(3)15/h5-9H,4H2,1-3H3. The SMILES string of the molecule is CCOC(=O)C(C)OC(=O)c1ccc(OC(C)=O)cc1. The molecule has 6 heteroatoms. The molecule has 0 bridgehead atoms. The lowest BCUT2D eigenvalue weighted by atomic mass is 10.2. The van der Waals surface area contributed by atoms with Crippen molar-refractivity contribution >= 4 is 17.9 Å². The van der Waals surface area contributed by atoms with Crippen molar-refractivity contribution in [1.29, 1.82) is 0 Å². The number of esters is 3. The second kappa shape index (κ2) is 7.28. The van der Waals surface area contributed by atoms with Gasteiger partial charge in [-0.1, -0.05) is 0 Å². The number of benzene rings is 1. The highest BCUT2D eigenvalue weighted by atomic mass is 16.6. The normalized spacial score (nSPS) is 11.3. The third-order valence-electron chi connectivity index (χ3n) is 2.25. The fourth-order valence-electron chi connectivity index (χ4n) is 1.36. The highest BCUT2D eigenvalue weighted by Gasteiger charge is 2.19. The third-order valence-corrected chi connectivity index (χ3v) is 2.25. The van der Waals surface area contributed by atoms with Crippen molar-refractivity contribution in [2.24, 2.45) is 0 Å². The molecule has 20 heavy (non-hydrogen) atoms. The van der Waals surface area contributed by atoms with Crippen LogP contribution in [0, 0.1) is 0 Å². The van der Waals surface area contributed by atoms with Crippen LogP contribution in [-0.4, -0.2) is 30.6 Å². The Kier molecular flexibility index (Phi) is 5.71. The summed E-state index contributed by atoms with van der Waals surface area (Å²) in [5, 5.41) is 0. The molecule has 0 radical (unpaired) electrons. The van der Waals surface area contributed by atoms with Gasteiger partial charge in [0.2, 0.25) is 0 Å². The van der Waals surface area contributed by atoms with Crippen LogP contribution in [0.3, 0.4) is 0 Å². The van der Waals surface area contributed by atoms with E-state index in [4.69, 9.17) is 14.2 Å². The first-order chi connectivity index (χ1) is 9.43. The number of carbonyl (C=O) groups is 3. The van der Waals surface area contributed by atoms with Gasteiger partial charge in [-0.15, -0.1) is 0 Å². The molecular formula is C14H16O6. The zero-order valence-electron chi connectivity index (χ0n) is 11.5. The van der Waals surface area contributed by atoms with Gasteiger partial charge in [-0.05, 0) is 38.1 Å². The lowest BCUT2D eigenvalue weighted by Gasteiger charge is -2.12. The van der Waals surface area contributed by atoms with Gasteiger partial charge in [0, 0.05) is 6.92 Å². The topological polar surface area (TPSA) is 78.9 Å². The van der Waals surface area contributed by atoms with Gasteiger partial charge >= 0.3 is 17.9 Å². The molecular weight excluding hydrogens is 264 g/mol. The van der Waals surface area contributed by atoms with E-state index in [0.29, 0.717) is 5.75 Å². The molecule has 0 saturated carbocycles. The van der Waals surface area contributed by atoms with Crippen molar-refractivity contribution in [2.75, 3.05) is 6.61 Å². The summed E-state index contributed by atoms with van der Waals surface area (Å²) in [5.74, 6) is -1.37. The van der Waals surface area contributed by atoms with Gasteiger partial charge in [-0.3, -0.25) is 4.79 Å². The maximum Gasteiger partial charge on any atom is 0.347 e. The van der Waals surface area contributed by atoms with Crippen LogP contribution in [-0.2, 0) is 19.1 Å². The van der Waals surface area contributed by atoms with E-state index in [-0.39, 0.29) is 12.2 Å². The van der Waals surface area contributed by atoms with E-state index in [0.717, 1.165) is 0 Å². The van der Waals surface area contributed by atoms with E-state index in [9.17, 15) is 14.4 Å². The predicted molar refractivity (Wildman–Crippen MR) is 69.3 cm³/mol. The van der Waals surface area contributed by atoms with Crippen LogP contribution in [0.1, 0.15) is 31.1 Å². The Hall–Kier alpha value is -2.37. The monoisotopic (exact) mass is 280 g/mol. The van der Waals surface area contributed by atoms with Crippen molar-refractivity contribution in [2.45, 2.75) is 26.9 Å². The summed E-state index contributed by atoms with van der Waals surface area (Å²) in [7, 11) is 0. The average molecular weight is 280 g/mol. The third kappa shape index (κ3) is 4.72. The van der Waals surface area contributed by atoms with Crippen LogP contribution in [0.15, 0.2) is 24.3 Å². The minimum absolute atomic E-state index is 0.220. The van der Waals surface area contributed by atoms with Gasteiger partial charge in [0.25, 0.3) is 0 Å². The highest BCUT2D eigenvalue weighted by molar-refractivity contribution is 5.91. The molecule has 0 N–H and O–H groups in total. The molecule has 0 aromatic heterocycles. The lowest BCUT2D eigenvalue weighted by molar-refractivity contribution is -0.152. The fourth-order valence-corrected chi connectivity index (χ4v) is 1.36. The molecule has 6 nitrogen and oxygen atoms in total. The molecule has 0 heterocycles. The molecule has 0 aliphatic carbocycles. The van der Waals surface area contributed by atoms with Crippen LogP contribution in [0.25, 0.3) is 0 Å². The first kappa shape index (κ1) is 15.7. The Morgan fingerprint density at radius 1 is 1.15 bits per heavy atom. The molecule has 1 aromatic rings. The minimum atomic E-state index is -0.976. The number of carbonyl (C=O) groups excluding carboxylic acids is 3. The van der Waals surface area contributed by atoms with E-state index >= 15 is 0 Å².